The van der Waals surface area contributed by atoms with E-state index in [4.69, 9.17) is 14.0 Å². The number of carbonyl (C=O) groups excluding carboxylic acids is 1. The van der Waals surface area contributed by atoms with E-state index in [9.17, 15) is 4.79 Å². The number of rotatable bonds is 4. The predicted molar refractivity (Wildman–Crippen MR) is 93.2 cm³/mol. The van der Waals surface area contributed by atoms with Gasteiger partial charge in [0, 0.05) is 10.9 Å². The number of aryl methyl sites for hydroxylation is 1. The van der Waals surface area contributed by atoms with Gasteiger partial charge in [-0.2, -0.15) is 0 Å². The van der Waals surface area contributed by atoms with E-state index in [0.29, 0.717) is 30.3 Å². The number of ether oxygens (including phenoxy) is 2. The molecular weight excluding hydrogens is 340 g/mol. The average Bonchev–Trinajstić information content (AvgIpc) is 3.28. The van der Waals surface area contributed by atoms with E-state index in [0.717, 1.165) is 27.7 Å². The summed E-state index contributed by atoms with van der Waals surface area (Å²) in [5.41, 5.74) is 1.70. The number of thiophene rings is 1. The van der Waals surface area contributed by atoms with Gasteiger partial charge in [0.15, 0.2) is 11.5 Å². The molecular formula is C18H16N2O4S. The molecule has 0 spiro atoms. The number of carbonyl (C=O) groups is 1. The highest BCUT2D eigenvalue weighted by atomic mass is 32.1. The van der Waals surface area contributed by atoms with E-state index in [1.807, 2.05) is 37.3 Å². The van der Waals surface area contributed by atoms with E-state index < -0.39 is 0 Å². The number of aromatic nitrogens is 1. The van der Waals surface area contributed by atoms with Gasteiger partial charge in [0.05, 0.1) is 11.4 Å². The third-order valence-electron chi connectivity index (χ3n) is 3.76. The topological polar surface area (TPSA) is 73.6 Å². The normalized spacial score (nSPS) is 12.8. The van der Waals surface area contributed by atoms with Gasteiger partial charge in [-0.1, -0.05) is 5.16 Å². The minimum atomic E-state index is -0.130. The van der Waals surface area contributed by atoms with Crippen LogP contribution < -0.4 is 14.8 Å². The molecule has 1 aliphatic heterocycles. The molecule has 3 aromatic rings. The molecule has 0 saturated heterocycles. The lowest BCUT2D eigenvalue weighted by molar-refractivity contribution is 0.0954. The highest BCUT2D eigenvalue weighted by Crippen LogP contribution is 2.36. The first kappa shape index (κ1) is 15.7. The van der Waals surface area contributed by atoms with Crippen molar-refractivity contribution in [1.82, 2.24) is 10.5 Å². The van der Waals surface area contributed by atoms with E-state index in [2.05, 4.69) is 10.5 Å². The van der Waals surface area contributed by atoms with E-state index in [-0.39, 0.29) is 5.91 Å². The van der Waals surface area contributed by atoms with Crippen LogP contribution in [0.25, 0.3) is 10.4 Å². The van der Waals surface area contributed by atoms with Crippen molar-refractivity contribution in [3.05, 3.63) is 52.7 Å². The molecule has 1 aromatic carbocycles. The first-order valence-corrected chi connectivity index (χ1v) is 8.71. The van der Waals surface area contributed by atoms with Crippen molar-refractivity contribution in [2.75, 3.05) is 13.2 Å². The summed E-state index contributed by atoms with van der Waals surface area (Å²) in [5, 5.41) is 6.71. The Kier molecular flexibility index (Phi) is 4.15. The second kappa shape index (κ2) is 6.60. The summed E-state index contributed by atoms with van der Waals surface area (Å²) in [5.74, 6) is 2.09. The molecule has 0 fully saturated rings. The molecule has 1 amide bonds. The quantitative estimate of drug-likeness (QED) is 0.775. The van der Waals surface area contributed by atoms with Crippen LogP contribution in [0.5, 0.6) is 11.5 Å². The Morgan fingerprint density at radius 1 is 1.16 bits per heavy atom. The number of amides is 1. The van der Waals surface area contributed by atoms with Crippen molar-refractivity contribution in [3.63, 3.8) is 0 Å². The molecule has 0 aliphatic carbocycles. The lowest BCUT2D eigenvalue weighted by Crippen LogP contribution is -2.21. The molecule has 0 saturated carbocycles. The predicted octanol–water partition coefficient (Wildman–Crippen LogP) is 3.41. The summed E-state index contributed by atoms with van der Waals surface area (Å²) < 4.78 is 16.1. The molecule has 0 radical (unpaired) electrons. The molecule has 1 N–H and O–H groups in total. The lowest BCUT2D eigenvalue weighted by Gasteiger charge is -2.18. The molecule has 7 heteroatoms. The van der Waals surface area contributed by atoms with E-state index >= 15 is 0 Å². The summed E-state index contributed by atoms with van der Waals surface area (Å²) in [6, 6.07) is 11.4. The van der Waals surface area contributed by atoms with Gasteiger partial charge in [0.25, 0.3) is 5.91 Å². The third-order valence-corrected chi connectivity index (χ3v) is 4.90. The minimum absolute atomic E-state index is 0.130. The van der Waals surface area contributed by atoms with Gasteiger partial charge >= 0.3 is 0 Å². The maximum Gasteiger partial charge on any atom is 0.261 e. The SMILES string of the molecule is Cc1cc(CNC(=O)c2ccc(-c3ccc4c(c3)OCCO4)s2)no1. The fraction of sp³-hybridized carbons (Fsp3) is 0.222. The van der Waals surface area contributed by atoms with Crippen LogP contribution in [0.3, 0.4) is 0 Å². The summed E-state index contributed by atoms with van der Waals surface area (Å²) in [6.45, 7) is 3.28. The Balaban J connectivity index is 1.47. The van der Waals surface area contributed by atoms with Gasteiger partial charge in [-0.25, -0.2) is 0 Å². The molecule has 128 valence electrons. The van der Waals surface area contributed by atoms with Crippen molar-refractivity contribution in [1.29, 1.82) is 0 Å². The standard InChI is InChI=1S/C18H16N2O4S/c1-11-8-13(20-24-11)10-19-18(21)17-5-4-16(25-17)12-2-3-14-15(9-12)23-7-6-22-14/h2-5,8-9H,6-7,10H2,1H3,(H,19,21). The molecule has 0 unspecified atom stereocenters. The number of fused-ring (bicyclic) bond motifs is 1. The van der Waals surface area contributed by atoms with Crippen LogP contribution in [-0.4, -0.2) is 24.3 Å². The van der Waals surface area contributed by atoms with Crippen LogP contribution in [0.2, 0.25) is 0 Å². The van der Waals surface area contributed by atoms with Crippen molar-refractivity contribution >= 4 is 17.2 Å². The Bertz CT molecular complexity index is 915. The Labute approximate surface area is 148 Å². The van der Waals surface area contributed by atoms with Crippen LogP contribution in [-0.2, 0) is 6.54 Å². The molecule has 25 heavy (non-hydrogen) atoms. The number of hydrogen-bond donors (Lipinski definition) is 1. The van der Waals surface area contributed by atoms with Crippen molar-refractivity contribution in [3.8, 4) is 21.9 Å². The van der Waals surface area contributed by atoms with Crippen LogP contribution in [0.4, 0.5) is 0 Å². The van der Waals surface area contributed by atoms with Crippen LogP contribution >= 0.6 is 11.3 Å². The summed E-state index contributed by atoms with van der Waals surface area (Å²) >= 11 is 1.43. The summed E-state index contributed by atoms with van der Waals surface area (Å²) in [4.78, 5) is 13.9. The first-order valence-electron chi connectivity index (χ1n) is 7.89. The zero-order chi connectivity index (χ0) is 17.2. The molecule has 1 aliphatic rings. The van der Waals surface area contributed by atoms with Gasteiger partial charge < -0.3 is 19.3 Å². The molecule has 0 atom stereocenters. The fourth-order valence-electron chi connectivity index (χ4n) is 2.57. The lowest BCUT2D eigenvalue weighted by atomic mass is 10.1. The average molecular weight is 356 g/mol. The largest absolute Gasteiger partial charge is 0.486 e. The number of nitrogens with one attached hydrogen (secondary N) is 1. The molecule has 0 bridgehead atoms. The van der Waals surface area contributed by atoms with Gasteiger partial charge in [0.1, 0.15) is 24.7 Å². The van der Waals surface area contributed by atoms with Gasteiger partial charge in [-0.15, -0.1) is 11.3 Å². The van der Waals surface area contributed by atoms with E-state index in [1.54, 1.807) is 6.07 Å². The van der Waals surface area contributed by atoms with Crippen molar-refractivity contribution < 1.29 is 18.8 Å². The summed E-state index contributed by atoms with van der Waals surface area (Å²) in [7, 11) is 0. The maximum absolute atomic E-state index is 12.3. The molecule has 2 aromatic heterocycles. The maximum atomic E-state index is 12.3. The molecule has 3 heterocycles. The Hall–Kier alpha value is -2.80. The zero-order valence-corrected chi connectivity index (χ0v) is 14.4. The van der Waals surface area contributed by atoms with Crippen LogP contribution in [0, 0.1) is 6.92 Å². The third kappa shape index (κ3) is 3.36. The smallest absolute Gasteiger partial charge is 0.261 e. The molecule has 4 rings (SSSR count). The van der Waals surface area contributed by atoms with Gasteiger partial charge in [0.2, 0.25) is 0 Å². The Morgan fingerprint density at radius 2 is 2.00 bits per heavy atom. The minimum Gasteiger partial charge on any atom is -0.486 e. The number of nitrogens with zero attached hydrogens (tertiary/aromatic N) is 1. The van der Waals surface area contributed by atoms with Crippen LogP contribution in [0.15, 0.2) is 40.9 Å². The zero-order valence-electron chi connectivity index (χ0n) is 13.6. The highest BCUT2D eigenvalue weighted by Gasteiger charge is 2.15. The van der Waals surface area contributed by atoms with Crippen molar-refractivity contribution in [2.45, 2.75) is 13.5 Å². The number of benzene rings is 1. The monoisotopic (exact) mass is 356 g/mol. The van der Waals surface area contributed by atoms with Crippen molar-refractivity contribution in [2.24, 2.45) is 0 Å². The van der Waals surface area contributed by atoms with Gasteiger partial charge in [-0.3, -0.25) is 4.79 Å². The van der Waals surface area contributed by atoms with Crippen LogP contribution in [0.1, 0.15) is 21.1 Å². The molecule has 6 nitrogen and oxygen atoms in total. The highest BCUT2D eigenvalue weighted by molar-refractivity contribution is 7.17. The first-order chi connectivity index (χ1) is 12.2. The van der Waals surface area contributed by atoms with E-state index in [1.165, 1.54) is 11.3 Å². The second-order valence-electron chi connectivity index (χ2n) is 5.63. The summed E-state index contributed by atoms with van der Waals surface area (Å²) in [6.07, 6.45) is 0. The fourth-order valence-corrected chi connectivity index (χ4v) is 3.49. The van der Waals surface area contributed by atoms with Gasteiger partial charge in [-0.05, 0) is 42.8 Å². The second-order valence-corrected chi connectivity index (χ2v) is 6.72. The Morgan fingerprint density at radius 3 is 2.80 bits per heavy atom. The number of hydrogen-bond acceptors (Lipinski definition) is 6.